The summed E-state index contributed by atoms with van der Waals surface area (Å²) >= 11 is 1.36. The van der Waals surface area contributed by atoms with Crippen LogP contribution in [0.1, 0.15) is 12.5 Å². The third-order valence-electron chi connectivity index (χ3n) is 4.32. The van der Waals surface area contributed by atoms with Crippen molar-refractivity contribution in [1.29, 1.82) is 0 Å². The van der Waals surface area contributed by atoms with Gasteiger partial charge in [-0.25, -0.2) is 0 Å². The van der Waals surface area contributed by atoms with Gasteiger partial charge in [0.1, 0.15) is 5.75 Å². The molecule has 7 heteroatoms. The van der Waals surface area contributed by atoms with Gasteiger partial charge in [0.15, 0.2) is 11.0 Å². The Kier molecular flexibility index (Phi) is 6.72. The first-order valence-electron chi connectivity index (χ1n) is 9.25. The Morgan fingerprint density at radius 2 is 2.03 bits per heavy atom. The number of aryl methyl sites for hydroxylation is 1. The maximum atomic E-state index is 12.8. The average molecular weight is 409 g/mol. The Morgan fingerprint density at radius 3 is 2.72 bits per heavy atom. The minimum Gasteiger partial charge on any atom is -0.495 e. The van der Waals surface area contributed by atoms with Gasteiger partial charge in [0.2, 0.25) is 5.91 Å². The van der Waals surface area contributed by atoms with E-state index in [9.17, 15) is 4.79 Å². The summed E-state index contributed by atoms with van der Waals surface area (Å²) in [7, 11) is 1.58. The first-order valence-corrected chi connectivity index (χ1v) is 10.1. The number of hydrogen-bond acceptors (Lipinski definition) is 5. The standard InChI is InChI=1S/C22H24N4O2S/c1-5-13-26-20(17-9-7-6-8-10-17)24-25-22(26)29-16(3)21(27)23-18-14-15(2)11-12-19(18)28-4/h5-12,14,16H,1,13H2,2-4H3,(H,23,27). The van der Waals surface area contributed by atoms with Crippen molar-refractivity contribution in [2.24, 2.45) is 0 Å². The van der Waals surface area contributed by atoms with Crippen LogP contribution in [0.25, 0.3) is 11.4 Å². The van der Waals surface area contributed by atoms with Crippen LogP contribution in [0.4, 0.5) is 5.69 Å². The second-order valence-corrected chi connectivity index (χ2v) is 7.83. The molecule has 1 atom stereocenters. The first kappa shape index (κ1) is 20.7. The summed E-state index contributed by atoms with van der Waals surface area (Å²) in [5.74, 6) is 1.25. The summed E-state index contributed by atoms with van der Waals surface area (Å²) in [5.41, 5.74) is 2.66. The molecule has 0 spiro atoms. The van der Waals surface area contributed by atoms with Crippen LogP contribution in [0, 0.1) is 6.92 Å². The number of amides is 1. The van der Waals surface area contributed by atoms with Crippen molar-refractivity contribution in [3.63, 3.8) is 0 Å². The number of ether oxygens (including phenoxy) is 1. The molecule has 3 rings (SSSR count). The van der Waals surface area contributed by atoms with Gasteiger partial charge in [-0.3, -0.25) is 9.36 Å². The molecule has 0 aliphatic carbocycles. The van der Waals surface area contributed by atoms with Crippen LogP contribution in [0.15, 0.2) is 66.3 Å². The molecule has 1 unspecified atom stereocenters. The van der Waals surface area contributed by atoms with Crippen LogP contribution >= 0.6 is 11.8 Å². The van der Waals surface area contributed by atoms with Gasteiger partial charge in [0.05, 0.1) is 18.0 Å². The summed E-state index contributed by atoms with van der Waals surface area (Å²) in [5, 5.41) is 11.9. The fourth-order valence-corrected chi connectivity index (χ4v) is 3.69. The third kappa shape index (κ3) is 4.86. The van der Waals surface area contributed by atoms with E-state index >= 15 is 0 Å². The maximum Gasteiger partial charge on any atom is 0.237 e. The van der Waals surface area contributed by atoms with Crippen LogP contribution in [-0.2, 0) is 11.3 Å². The maximum absolute atomic E-state index is 12.8. The molecule has 0 radical (unpaired) electrons. The average Bonchev–Trinajstić information content (AvgIpc) is 3.11. The molecule has 1 N–H and O–H groups in total. The van der Waals surface area contributed by atoms with Crippen molar-refractivity contribution >= 4 is 23.4 Å². The second-order valence-electron chi connectivity index (χ2n) is 6.52. The molecule has 1 amide bonds. The van der Waals surface area contributed by atoms with Crippen molar-refractivity contribution in [3.8, 4) is 17.1 Å². The number of rotatable bonds is 8. The van der Waals surface area contributed by atoms with E-state index in [0.717, 1.165) is 17.0 Å². The Bertz CT molecular complexity index is 1000. The highest BCUT2D eigenvalue weighted by atomic mass is 32.2. The predicted octanol–water partition coefficient (Wildman–Crippen LogP) is 4.57. The monoisotopic (exact) mass is 408 g/mol. The van der Waals surface area contributed by atoms with Gasteiger partial charge in [0, 0.05) is 12.1 Å². The second kappa shape index (κ2) is 9.43. The molecule has 3 aromatic rings. The zero-order chi connectivity index (χ0) is 20.8. The van der Waals surface area contributed by atoms with Crippen LogP contribution in [0.2, 0.25) is 0 Å². The molecule has 29 heavy (non-hydrogen) atoms. The number of benzene rings is 2. The lowest BCUT2D eigenvalue weighted by molar-refractivity contribution is -0.115. The Hall–Kier alpha value is -3.06. The number of nitrogens with one attached hydrogen (secondary N) is 1. The number of hydrogen-bond donors (Lipinski definition) is 1. The molecule has 0 aliphatic heterocycles. The van der Waals surface area contributed by atoms with Crippen LogP contribution < -0.4 is 10.1 Å². The lowest BCUT2D eigenvalue weighted by Gasteiger charge is -2.15. The van der Waals surface area contributed by atoms with E-state index in [1.807, 2.05) is 66.9 Å². The minimum atomic E-state index is -0.378. The van der Waals surface area contributed by atoms with E-state index in [1.54, 1.807) is 13.2 Å². The van der Waals surface area contributed by atoms with E-state index < -0.39 is 0 Å². The number of anilines is 1. The fourth-order valence-electron chi connectivity index (χ4n) is 2.84. The number of nitrogens with zero attached hydrogens (tertiary/aromatic N) is 3. The molecular weight excluding hydrogens is 384 g/mol. The SMILES string of the molecule is C=CCn1c(SC(C)C(=O)Nc2cc(C)ccc2OC)nnc1-c1ccccc1. The summed E-state index contributed by atoms with van der Waals surface area (Å²) in [6, 6.07) is 15.5. The van der Waals surface area contributed by atoms with Crippen molar-refractivity contribution in [1.82, 2.24) is 14.8 Å². The van der Waals surface area contributed by atoms with Crippen LogP contribution in [0.3, 0.4) is 0 Å². The van der Waals surface area contributed by atoms with Gasteiger partial charge in [-0.2, -0.15) is 0 Å². The van der Waals surface area contributed by atoms with E-state index in [1.165, 1.54) is 11.8 Å². The lowest BCUT2D eigenvalue weighted by atomic mass is 10.2. The van der Waals surface area contributed by atoms with Crippen molar-refractivity contribution < 1.29 is 9.53 Å². The molecule has 6 nitrogen and oxygen atoms in total. The summed E-state index contributed by atoms with van der Waals surface area (Å²) in [6.07, 6.45) is 1.79. The van der Waals surface area contributed by atoms with E-state index in [4.69, 9.17) is 4.74 Å². The van der Waals surface area contributed by atoms with Gasteiger partial charge >= 0.3 is 0 Å². The largest absolute Gasteiger partial charge is 0.495 e. The van der Waals surface area contributed by atoms with Gasteiger partial charge in [-0.15, -0.1) is 16.8 Å². The normalized spacial score (nSPS) is 11.7. The van der Waals surface area contributed by atoms with E-state index in [0.29, 0.717) is 23.1 Å². The quantitative estimate of drug-likeness (QED) is 0.437. The summed E-state index contributed by atoms with van der Waals surface area (Å²) in [6.45, 7) is 8.20. The van der Waals surface area contributed by atoms with E-state index in [2.05, 4.69) is 22.1 Å². The van der Waals surface area contributed by atoms with Gasteiger partial charge in [-0.1, -0.05) is 54.2 Å². The molecule has 2 aromatic carbocycles. The van der Waals surface area contributed by atoms with Crippen LogP contribution in [-0.4, -0.2) is 33.0 Å². The number of allylic oxidation sites excluding steroid dienone is 1. The third-order valence-corrected chi connectivity index (χ3v) is 5.41. The number of methoxy groups -OCH3 is 1. The summed E-state index contributed by atoms with van der Waals surface area (Å²) < 4.78 is 7.31. The minimum absolute atomic E-state index is 0.131. The highest BCUT2D eigenvalue weighted by molar-refractivity contribution is 8.00. The molecule has 0 fully saturated rings. The lowest BCUT2D eigenvalue weighted by Crippen LogP contribution is -2.23. The molecule has 0 saturated carbocycles. The molecule has 150 valence electrons. The predicted molar refractivity (Wildman–Crippen MR) is 117 cm³/mol. The Labute approximate surface area is 175 Å². The van der Waals surface area contributed by atoms with E-state index in [-0.39, 0.29) is 11.2 Å². The van der Waals surface area contributed by atoms with Crippen molar-refractivity contribution in [3.05, 3.63) is 66.7 Å². The smallest absolute Gasteiger partial charge is 0.237 e. The Balaban J connectivity index is 1.79. The number of aromatic nitrogens is 3. The topological polar surface area (TPSA) is 69.0 Å². The first-order chi connectivity index (χ1) is 14.0. The molecule has 0 aliphatic rings. The molecule has 0 bridgehead atoms. The number of carbonyl (C=O) groups is 1. The molecule has 0 saturated heterocycles. The Morgan fingerprint density at radius 1 is 1.28 bits per heavy atom. The zero-order valence-electron chi connectivity index (χ0n) is 16.8. The number of carbonyl (C=O) groups excluding carboxylic acids is 1. The highest BCUT2D eigenvalue weighted by Crippen LogP contribution is 2.29. The van der Waals surface area contributed by atoms with Gasteiger partial charge < -0.3 is 10.1 Å². The molecule has 1 heterocycles. The summed E-state index contributed by atoms with van der Waals surface area (Å²) in [4.78, 5) is 12.8. The highest BCUT2D eigenvalue weighted by Gasteiger charge is 2.21. The van der Waals surface area contributed by atoms with Gasteiger partial charge in [-0.05, 0) is 31.5 Å². The molecular formula is C22H24N4O2S. The number of thioether (sulfide) groups is 1. The van der Waals surface area contributed by atoms with Gasteiger partial charge in [0.25, 0.3) is 0 Å². The molecule has 1 aromatic heterocycles. The van der Waals surface area contributed by atoms with Crippen molar-refractivity contribution in [2.45, 2.75) is 30.8 Å². The van der Waals surface area contributed by atoms with Crippen LogP contribution in [0.5, 0.6) is 5.75 Å². The van der Waals surface area contributed by atoms with Crippen molar-refractivity contribution in [2.75, 3.05) is 12.4 Å². The fraction of sp³-hybridized carbons (Fsp3) is 0.227. The zero-order valence-corrected chi connectivity index (χ0v) is 17.6.